The van der Waals surface area contributed by atoms with Gasteiger partial charge in [0, 0.05) is 25.7 Å². The van der Waals surface area contributed by atoms with E-state index in [-0.39, 0.29) is 6.09 Å². The summed E-state index contributed by atoms with van der Waals surface area (Å²) in [5.74, 6) is 1.61. The van der Waals surface area contributed by atoms with Crippen LogP contribution >= 0.6 is 0 Å². The summed E-state index contributed by atoms with van der Waals surface area (Å²) >= 11 is 0. The zero-order valence-electron chi connectivity index (χ0n) is 23.9. The molecule has 3 aliphatic rings. The van der Waals surface area contributed by atoms with Crippen LogP contribution in [0.5, 0.6) is 0 Å². The SMILES string of the molecule is C=C(C)/C(C(=C)CCN(CC(C)C)C(=O)OC(C)(C)C)=C1/C(C2CC2)=CC(C2CCCC2)=CC1=NC. The highest BCUT2D eigenvalue weighted by molar-refractivity contribution is 6.15. The van der Waals surface area contributed by atoms with Crippen LogP contribution in [0.3, 0.4) is 0 Å². The maximum Gasteiger partial charge on any atom is 0.410 e. The van der Waals surface area contributed by atoms with E-state index >= 15 is 0 Å². The number of nitrogens with zero attached hydrogens (tertiary/aromatic N) is 2. The number of amides is 1. The molecule has 4 heteroatoms. The van der Waals surface area contributed by atoms with Gasteiger partial charge >= 0.3 is 6.09 Å². The van der Waals surface area contributed by atoms with Gasteiger partial charge < -0.3 is 9.64 Å². The molecule has 3 rings (SSSR count). The molecule has 1 amide bonds. The number of hydrogen-bond donors (Lipinski definition) is 0. The van der Waals surface area contributed by atoms with Gasteiger partial charge in [0.15, 0.2) is 0 Å². The van der Waals surface area contributed by atoms with E-state index in [0.717, 1.165) is 22.4 Å². The molecular formula is C32H48N2O2. The van der Waals surface area contributed by atoms with E-state index in [2.05, 4.69) is 46.1 Å². The van der Waals surface area contributed by atoms with E-state index in [0.29, 0.717) is 37.3 Å². The largest absolute Gasteiger partial charge is 0.444 e. The first kappa shape index (κ1) is 28.2. The van der Waals surface area contributed by atoms with Crippen molar-refractivity contribution in [3.05, 3.63) is 58.7 Å². The Bertz CT molecular complexity index is 990. The summed E-state index contributed by atoms with van der Waals surface area (Å²) in [6.45, 7) is 22.2. The second-order valence-electron chi connectivity index (χ2n) is 12.3. The van der Waals surface area contributed by atoms with Crippen LogP contribution in [-0.2, 0) is 4.74 Å². The molecule has 0 saturated heterocycles. The van der Waals surface area contributed by atoms with E-state index in [1.54, 1.807) is 0 Å². The molecule has 0 atom stereocenters. The Labute approximate surface area is 220 Å². The van der Waals surface area contributed by atoms with Gasteiger partial charge in [0.05, 0.1) is 5.71 Å². The predicted octanol–water partition coefficient (Wildman–Crippen LogP) is 8.24. The fraction of sp³-hybridized carbons (Fsp3) is 0.625. The molecule has 198 valence electrons. The number of allylic oxidation sites excluding steroid dienone is 7. The summed E-state index contributed by atoms with van der Waals surface area (Å²) in [6.07, 6.45) is 12.9. The van der Waals surface area contributed by atoms with Gasteiger partial charge in [-0.15, -0.1) is 0 Å². The molecule has 0 unspecified atom stereocenters. The second kappa shape index (κ2) is 11.8. The highest BCUT2D eigenvalue weighted by atomic mass is 16.6. The van der Waals surface area contributed by atoms with Crippen molar-refractivity contribution in [2.45, 2.75) is 92.1 Å². The Morgan fingerprint density at radius 1 is 1.11 bits per heavy atom. The van der Waals surface area contributed by atoms with E-state index in [9.17, 15) is 4.79 Å². The molecular weight excluding hydrogens is 444 g/mol. The summed E-state index contributed by atoms with van der Waals surface area (Å²) in [5, 5.41) is 0. The van der Waals surface area contributed by atoms with Gasteiger partial charge in [-0.05, 0) is 106 Å². The fourth-order valence-electron chi connectivity index (χ4n) is 5.44. The Morgan fingerprint density at radius 2 is 1.75 bits per heavy atom. The molecule has 0 heterocycles. The Morgan fingerprint density at radius 3 is 2.25 bits per heavy atom. The predicted molar refractivity (Wildman–Crippen MR) is 152 cm³/mol. The number of aliphatic imine (C=N–C) groups is 1. The minimum Gasteiger partial charge on any atom is -0.444 e. The third-order valence-electron chi connectivity index (χ3n) is 7.21. The van der Waals surface area contributed by atoms with Gasteiger partial charge in [-0.1, -0.05) is 51.5 Å². The summed E-state index contributed by atoms with van der Waals surface area (Å²) in [4.78, 5) is 19.5. The van der Waals surface area contributed by atoms with Crippen LogP contribution in [0, 0.1) is 17.8 Å². The average molecular weight is 493 g/mol. The van der Waals surface area contributed by atoms with Crippen LogP contribution in [0.2, 0.25) is 0 Å². The number of ether oxygens (including phenoxy) is 1. The second-order valence-corrected chi connectivity index (χ2v) is 12.3. The number of rotatable bonds is 9. The third-order valence-corrected chi connectivity index (χ3v) is 7.21. The first-order valence-electron chi connectivity index (χ1n) is 13.9. The number of carbonyl (C=O) groups is 1. The maximum atomic E-state index is 12.9. The van der Waals surface area contributed by atoms with Crippen molar-refractivity contribution >= 4 is 11.8 Å². The Kier molecular flexibility index (Phi) is 9.24. The highest BCUT2D eigenvalue weighted by Gasteiger charge is 2.35. The topological polar surface area (TPSA) is 41.9 Å². The van der Waals surface area contributed by atoms with Crippen LogP contribution < -0.4 is 0 Å². The van der Waals surface area contributed by atoms with E-state index in [1.807, 2.05) is 32.7 Å². The molecule has 0 aromatic rings. The van der Waals surface area contributed by atoms with Crippen LogP contribution in [-0.4, -0.2) is 42.4 Å². The number of carbonyl (C=O) groups excluding carboxylic acids is 1. The first-order valence-corrected chi connectivity index (χ1v) is 13.9. The lowest BCUT2D eigenvalue weighted by Crippen LogP contribution is -2.39. The van der Waals surface area contributed by atoms with Crippen molar-refractivity contribution in [3.63, 3.8) is 0 Å². The van der Waals surface area contributed by atoms with Gasteiger partial charge in [-0.3, -0.25) is 4.99 Å². The molecule has 0 aromatic carbocycles. The molecule has 0 N–H and O–H groups in total. The maximum absolute atomic E-state index is 12.9. The van der Waals surface area contributed by atoms with Crippen molar-refractivity contribution in [1.82, 2.24) is 4.90 Å². The quantitative estimate of drug-likeness (QED) is 0.325. The summed E-state index contributed by atoms with van der Waals surface area (Å²) < 4.78 is 5.70. The van der Waals surface area contributed by atoms with Crippen molar-refractivity contribution in [3.8, 4) is 0 Å². The normalized spacial score (nSPS) is 21.4. The minimum absolute atomic E-state index is 0.260. The lowest BCUT2D eigenvalue weighted by atomic mass is 9.79. The van der Waals surface area contributed by atoms with Crippen LogP contribution in [0.4, 0.5) is 4.79 Å². The van der Waals surface area contributed by atoms with E-state index in [4.69, 9.17) is 9.73 Å². The molecule has 2 saturated carbocycles. The number of hydrogen-bond acceptors (Lipinski definition) is 3. The molecule has 0 aromatic heterocycles. The molecule has 0 bridgehead atoms. The van der Waals surface area contributed by atoms with Crippen LogP contribution in [0.1, 0.15) is 86.5 Å². The lowest BCUT2D eigenvalue weighted by Gasteiger charge is -2.30. The third kappa shape index (κ3) is 7.33. The van der Waals surface area contributed by atoms with E-state index < -0.39 is 5.60 Å². The molecule has 0 spiro atoms. The molecule has 0 radical (unpaired) electrons. The van der Waals surface area contributed by atoms with E-state index in [1.165, 1.54) is 55.2 Å². The molecule has 4 nitrogen and oxygen atoms in total. The Balaban J connectivity index is 1.90. The average Bonchev–Trinajstić information content (AvgIpc) is 3.48. The Hall–Kier alpha value is -2.36. The lowest BCUT2D eigenvalue weighted by molar-refractivity contribution is 0.0231. The van der Waals surface area contributed by atoms with Gasteiger partial charge in [-0.2, -0.15) is 0 Å². The van der Waals surface area contributed by atoms with Crippen molar-refractivity contribution in [1.29, 1.82) is 0 Å². The zero-order valence-corrected chi connectivity index (χ0v) is 23.9. The molecule has 3 aliphatic carbocycles. The highest BCUT2D eigenvalue weighted by Crippen LogP contribution is 2.47. The summed E-state index contributed by atoms with van der Waals surface area (Å²) in [6, 6.07) is 0. The smallest absolute Gasteiger partial charge is 0.410 e. The first-order chi connectivity index (χ1) is 16.9. The van der Waals surface area contributed by atoms with Crippen LogP contribution in [0.25, 0.3) is 0 Å². The van der Waals surface area contributed by atoms with Gasteiger partial charge in [-0.25, -0.2) is 4.79 Å². The molecule has 2 fully saturated rings. The van der Waals surface area contributed by atoms with Crippen molar-refractivity contribution < 1.29 is 9.53 Å². The van der Waals surface area contributed by atoms with Gasteiger partial charge in [0.1, 0.15) is 5.60 Å². The minimum atomic E-state index is -0.518. The molecule has 0 aliphatic heterocycles. The van der Waals surface area contributed by atoms with Crippen molar-refractivity contribution in [2.75, 3.05) is 20.1 Å². The monoisotopic (exact) mass is 492 g/mol. The van der Waals surface area contributed by atoms with Gasteiger partial charge in [0.25, 0.3) is 0 Å². The summed E-state index contributed by atoms with van der Waals surface area (Å²) in [7, 11) is 1.90. The fourth-order valence-corrected chi connectivity index (χ4v) is 5.44. The van der Waals surface area contributed by atoms with Gasteiger partial charge in [0.2, 0.25) is 0 Å². The molecule has 36 heavy (non-hydrogen) atoms. The standard InChI is InChI=1S/C32H48N2O2/c1-21(2)20-34(31(35)36-32(6,7)8)17-16-23(5)29(22(3)4)30-27(25-14-15-25)18-26(19-28(30)33-9)24-12-10-11-13-24/h18-19,21,24-25H,3,5,10-17,20H2,1-2,4,6-9H3/b30-29+,33-28?. The van der Waals surface area contributed by atoms with Crippen LogP contribution in [0.15, 0.2) is 63.7 Å². The zero-order chi connectivity index (χ0) is 26.6. The van der Waals surface area contributed by atoms with Crippen molar-refractivity contribution in [2.24, 2.45) is 22.7 Å². The summed E-state index contributed by atoms with van der Waals surface area (Å²) in [5.41, 5.74) is 7.77.